The maximum absolute atomic E-state index is 12.1. The Morgan fingerprint density at radius 1 is 0.926 bits per heavy atom. The molecule has 0 spiro atoms. The van der Waals surface area contributed by atoms with E-state index in [0.29, 0.717) is 0 Å². The molecule has 0 aliphatic carbocycles. The molecule has 2 atom stereocenters. The zero-order chi connectivity index (χ0) is 20.2. The van der Waals surface area contributed by atoms with E-state index >= 15 is 0 Å². The van der Waals surface area contributed by atoms with Crippen LogP contribution >= 0.6 is 0 Å². The highest BCUT2D eigenvalue weighted by Gasteiger charge is 2.38. The Morgan fingerprint density at radius 2 is 1.56 bits per heavy atom. The number of carbonyl (C=O) groups excluding carboxylic acids is 4. The van der Waals surface area contributed by atoms with E-state index in [1.54, 1.807) is 0 Å². The van der Waals surface area contributed by atoms with E-state index in [-0.39, 0.29) is 13.2 Å². The van der Waals surface area contributed by atoms with Crippen molar-refractivity contribution in [1.82, 2.24) is 5.32 Å². The molecule has 9 nitrogen and oxygen atoms in total. The number of carbonyl (C=O) groups is 4. The van der Waals surface area contributed by atoms with Crippen molar-refractivity contribution in [3.8, 4) is 0 Å². The standard InChI is InChI=1S/C18H23NO8/c1-24-15(21)9-13(17(22)25-2)16(18(23)26-3)19-14(20)11-27-10-12-7-5-4-6-8-12/h4-8,13,16H,9-11H2,1-3H3,(H,19,20)/t13-,16+/m1/s1. The summed E-state index contributed by atoms with van der Waals surface area (Å²) in [5.41, 5.74) is 0.868. The normalized spacial score (nSPS) is 12.4. The summed E-state index contributed by atoms with van der Waals surface area (Å²) in [7, 11) is 3.34. The SMILES string of the molecule is COC(=O)C[C@@H](C(=O)OC)[C@H](NC(=O)COCc1ccccc1)C(=O)OC. The molecule has 27 heavy (non-hydrogen) atoms. The average molecular weight is 381 g/mol. The van der Waals surface area contributed by atoms with Crippen LogP contribution in [0.15, 0.2) is 30.3 Å². The largest absolute Gasteiger partial charge is 0.469 e. The molecule has 0 aliphatic heterocycles. The van der Waals surface area contributed by atoms with Crippen LogP contribution in [0, 0.1) is 5.92 Å². The average Bonchev–Trinajstić information content (AvgIpc) is 2.69. The molecule has 1 N–H and O–H groups in total. The number of methoxy groups -OCH3 is 3. The summed E-state index contributed by atoms with van der Waals surface area (Å²) in [5, 5.41) is 2.35. The fraction of sp³-hybridized carbons (Fsp3) is 0.444. The third-order valence-corrected chi connectivity index (χ3v) is 3.64. The molecular formula is C18H23NO8. The number of hydrogen-bond acceptors (Lipinski definition) is 8. The lowest BCUT2D eigenvalue weighted by atomic mass is 9.96. The van der Waals surface area contributed by atoms with Gasteiger partial charge in [-0.1, -0.05) is 30.3 Å². The molecule has 0 bridgehead atoms. The van der Waals surface area contributed by atoms with Gasteiger partial charge in [0.05, 0.1) is 40.3 Å². The second kappa shape index (κ2) is 11.6. The number of ether oxygens (including phenoxy) is 4. The molecule has 0 aromatic heterocycles. The zero-order valence-corrected chi connectivity index (χ0v) is 15.4. The predicted molar refractivity (Wildman–Crippen MR) is 92.2 cm³/mol. The molecule has 1 aromatic rings. The summed E-state index contributed by atoms with van der Waals surface area (Å²) >= 11 is 0. The van der Waals surface area contributed by atoms with Gasteiger partial charge < -0.3 is 24.3 Å². The number of hydrogen-bond donors (Lipinski definition) is 1. The van der Waals surface area contributed by atoms with Crippen LogP contribution in [0.25, 0.3) is 0 Å². The third kappa shape index (κ3) is 7.45. The van der Waals surface area contributed by atoms with Gasteiger partial charge in [-0.05, 0) is 5.56 Å². The van der Waals surface area contributed by atoms with Gasteiger partial charge in [0, 0.05) is 0 Å². The number of benzene rings is 1. The minimum absolute atomic E-state index is 0.194. The minimum atomic E-state index is -1.42. The van der Waals surface area contributed by atoms with Crippen LogP contribution in [0.1, 0.15) is 12.0 Å². The number of rotatable bonds is 10. The van der Waals surface area contributed by atoms with E-state index in [2.05, 4.69) is 19.5 Å². The van der Waals surface area contributed by atoms with E-state index in [9.17, 15) is 19.2 Å². The summed E-state index contributed by atoms with van der Waals surface area (Å²) in [6.07, 6.45) is -0.464. The highest BCUT2D eigenvalue weighted by molar-refractivity contribution is 5.91. The molecular weight excluding hydrogens is 358 g/mol. The van der Waals surface area contributed by atoms with Crippen molar-refractivity contribution in [2.24, 2.45) is 5.92 Å². The molecule has 9 heteroatoms. The van der Waals surface area contributed by atoms with Crippen molar-refractivity contribution in [3.05, 3.63) is 35.9 Å². The molecule has 0 aliphatic rings. The Labute approximate surface area is 156 Å². The van der Waals surface area contributed by atoms with Gasteiger partial charge in [0.1, 0.15) is 12.6 Å². The fourth-order valence-corrected chi connectivity index (χ4v) is 2.25. The van der Waals surface area contributed by atoms with Gasteiger partial charge in [-0.3, -0.25) is 14.4 Å². The summed E-state index contributed by atoms with van der Waals surface area (Å²) < 4.78 is 19.1. The monoisotopic (exact) mass is 381 g/mol. The van der Waals surface area contributed by atoms with E-state index < -0.39 is 42.2 Å². The maximum atomic E-state index is 12.1. The molecule has 0 heterocycles. The Balaban J connectivity index is 2.75. The van der Waals surface area contributed by atoms with Gasteiger partial charge >= 0.3 is 17.9 Å². The Hall–Kier alpha value is -2.94. The lowest BCUT2D eigenvalue weighted by molar-refractivity contribution is -0.159. The van der Waals surface area contributed by atoms with Crippen molar-refractivity contribution < 1.29 is 38.1 Å². The molecule has 0 fully saturated rings. The number of nitrogens with one attached hydrogen (secondary N) is 1. The molecule has 0 unspecified atom stereocenters. The second-order valence-corrected chi connectivity index (χ2v) is 5.46. The Morgan fingerprint density at radius 3 is 2.11 bits per heavy atom. The van der Waals surface area contributed by atoms with Crippen molar-refractivity contribution in [2.75, 3.05) is 27.9 Å². The molecule has 1 rings (SSSR count). The smallest absolute Gasteiger partial charge is 0.329 e. The van der Waals surface area contributed by atoms with Gasteiger partial charge in [-0.15, -0.1) is 0 Å². The number of amides is 1. The molecule has 0 saturated carbocycles. The topological polar surface area (TPSA) is 117 Å². The van der Waals surface area contributed by atoms with E-state index in [1.807, 2.05) is 30.3 Å². The van der Waals surface area contributed by atoms with E-state index in [0.717, 1.165) is 26.9 Å². The molecule has 0 saturated heterocycles. The van der Waals surface area contributed by atoms with Crippen LogP contribution in [0.3, 0.4) is 0 Å². The summed E-state index contributed by atoms with van der Waals surface area (Å²) in [6, 6.07) is 7.76. The lowest BCUT2D eigenvalue weighted by Gasteiger charge is -2.23. The summed E-state index contributed by atoms with van der Waals surface area (Å²) in [4.78, 5) is 47.7. The zero-order valence-electron chi connectivity index (χ0n) is 15.4. The Kier molecular flexibility index (Phi) is 9.52. The first-order valence-corrected chi connectivity index (χ1v) is 8.06. The van der Waals surface area contributed by atoms with Crippen LogP contribution < -0.4 is 5.32 Å². The van der Waals surface area contributed by atoms with Gasteiger partial charge in [0.2, 0.25) is 5.91 Å². The van der Waals surface area contributed by atoms with Crippen molar-refractivity contribution >= 4 is 23.8 Å². The van der Waals surface area contributed by atoms with Gasteiger partial charge in [0.15, 0.2) is 0 Å². The summed E-state index contributed by atoms with van der Waals surface area (Å²) in [5.74, 6) is -4.45. The lowest BCUT2D eigenvalue weighted by Crippen LogP contribution is -2.51. The van der Waals surface area contributed by atoms with Gasteiger partial charge in [-0.2, -0.15) is 0 Å². The second-order valence-electron chi connectivity index (χ2n) is 5.46. The first-order valence-electron chi connectivity index (χ1n) is 8.06. The first-order chi connectivity index (χ1) is 12.9. The molecule has 1 amide bonds. The summed E-state index contributed by atoms with van der Waals surface area (Å²) in [6.45, 7) is -0.158. The highest BCUT2D eigenvalue weighted by atomic mass is 16.5. The third-order valence-electron chi connectivity index (χ3n) is 3.64. The molecule has 1 aromatic carbocycles. The van der Waals surface area contributed by atoms with Gasteiger partial charge in [-0.25, -0.2) is 4.79 Å². The van der Waals surface area contributed by atoms with Crippen LogP contribution in [0.2, 0.25) is 0 Å². The number of esters is 3. The quantitative estimate of drug-likeness (QED) is 0.452. The van der Waals surface area contributed by atoms with Crippen LogP contribution in [-0.2, 0) is 44.7 Å². The Bertz CT molecular complexity index is 646. The maximum Gasteiger partial charge on any atom is 0.329 e. The first kappa shape index (κ1) is 22.1. The minimum Gasteiger partial charge on any atom is -0.469 e. The van der Waals surface area contributed by atoms with Crippen molar-refractivity contribution in [2.45, 2.75) is 19.1 Å². The van der Waals surface area contributed by atoms with E-state index in [4.69, 9.17) is 4.74 Å². The van der Waals surface area contributed by atoms with Crippen molar-refractivity contribution in [1.29, 1.82) is 0 Å². The van der Waals surface area contributed by atoms with Crippen LogP contribution in [0.5, 0.6) is 0 Å². The van der Waals surface area contributed by atoms with Gasteiger partial charge in [0.25, 0.3) is 0 Å². The molecule has 0 radical (unpaired) electrons. The fourth-order valence-electron chi connectivity index (χ4n) is 2.25. The molecule has 148 valence electrons. The van der Waals surface area contributed by atoms with E-state index in [1.165, 1.54) is 0 Å². The van der Waals surface area contributed by atoms with Crippen LogP contribution in [-0.4, -0.2) is 57.8 Å². The van der Waals surface area contributed by atoms with Crippen molar-refractivity contribution in [3.63, 3.8) is 0 Å². The highest BCUT2D eigenvalue weighted by Crippen LogP contribution is 2.14. The predicted octanol–water partition coefficient (Wildman–Crippen LogP) is 0.213. The van der Waals surface area contributed by atoms with Crippen LogP contribution in [0.4, 0.5) is 0 Å².